The number of aliphatic hydroxyl groups is 3. The minimum atomic E-state index is -4.41. The third-order valence-electron chi connectivity index (χ3n) is 5.67. The van der Waals surface area contributed by atoms with Crippen LogP contribution in [0.25, 0.3) is 0 Å². The molecule has 5 nitrogen and oxygen atoms in total. The number of alkyl halides is 3. The van der Waals surface area contributed by atoms with Crippen molar-refractivity contribution in [2.45, 2.75) is 56.3 Å². The van der Waals surface area contributed by atoms with E-state index in [9.17, 15) is 28.5 Å². The highest BCUT2D eigenvalue weighted by molar-refractivity contribution is 6.31. The summed E-state index contributed by atoms with van der Waals surface area (Å²) in [7, 11) is 0. The van der Waals surface area contributed by atoms with Gasteiger partial charge >= 0.3 is 6.18 Å². The zero-order chi connectivity index (χ0) is 21.8. The van der Waals surface area contributed by atoms with E-state index in [2.05, 4.69) is 0 Å². The lowest BCUT2D eigenvalue weighted by Gasteiger charge is -2.45. The summed E-state index contributed by atoms with van der Waals surface area (Å²) in [6.45, 7) is 1.64. The van der Waals surface area contributed by atoms with Gasteiger partial charge in [-0.05, 0) is 54.3 Å². The van der Waals surface area contributed by atoms with Gasteiger partial charge in [0.25, 0.3) is 0 Å². The molecule has 0 aliphatic carbocycles. The van der Waals surface area contributed by atoms with Crippen molar-refractivity contribution < 1.29 is 38.0 Å². The zero-order valence-corrected chi connectivity index (χ0v) is 16.6. The molecule has 0 amide bonds. The van der Waals surface area contributed by atoms with Gasteiger partial charge in [0, 0.05) is 10.6 Å². The van der Waals surface area contributed by atoms with Gasteiger partial charge in [-0.2, -0.15) is 13.2 Å². The molecule has 9 heteroatoms. The summed E-state index contributed by atoms with van der Waals surface area (Å²) in [5, 5.41) is 31.2. The molecule has 2 aromatic rings. The molecule has 0 radical (unpaired) electrons. The predicted octanol–water partition coefficient (Wildman–Crippen LogP) is 3.13. The average Bonchev–Trinajstić information content (AvgIpc) is 3.03. The number of hydrogen-bond acceptors (Lipinski definition) is 5. The molecule has 2 aliphatic heterocycles. The standard InChI is InChI=1S/C21H20ClF3O5/c1-10-17(26)18(27)19(28)20(30-10)15-7-12(16(22)8-13(15)9-29-20)6-11-2-4-14(5-3-11)21(23,24)25/h2-5,7-8,10,17-19,26-28H,6,9H2,1H3/t10-,17-,18+,19-,20+/m1/s1. The highest BCUT2D eigenvalue weighted by Gasteiger charge is 2.57. The molecule has 2 aliphatic rings. The average molecular weight is 445 g/mol. The summed E-state index contributed by atoms with van der Waals surface area (Å²) >= 11 is 6.38. The Morgan fingerprint density at radius 1 is 1.10 bits per heavy atom. The molecule has 1 saturated heterocycles. The van der Waals surface area contributed by atoms with E-state index in [-0.39, 0.29) is 13.0 Å². The fraction of sp³-hybridized carbons (Fsp3) is 0.429. The van der Waals surface area contributed by atoms with Gasteiger partial charge in [-0.25, -0.2) is 0 Å². The van der Waals surface area contributed by atoms with Crippen LogP contribution in [0.3, 0.4) is 0 Å². The van der Waals surface area contributed by atoms with Crippen molar-refractivity contribution in [1.82, 2.24) is 0 Å². The van der Waals surface area contributed by atoms with Gasteiger partial charge in [-0.1, -0.05) is 23.7 Å². The summed E-state index contributed by atoms with van der Waals surface area (Å²) in [4.78, 5) is 0. The Balaban J connectivity index is 1.68. The van der Waals surface area contributed by atoms with E-state index in [0.717, 1.165) is 12.1 Å². The molecule has 5 atom stereocenters. The van der Waals surface area contributed by atoms with Crippen LogP contribution in [0, 0.1) is 0 Å². The van der Waals surface area contributed by atoms with Crippen LogP contribution in [0.1, 0.15) is 34.7 Å². The fourth-order valence-corrected chi connectivity index (χ4v) is 4.23. The van der Waals surface area contributed by atoms with Crippen LogP contribution in [0.2, 0.25) is 5.02 Å². The summed E-state index contributed by atoms with van der Waals surface area (Å²) in [6, 6.07) is 8.11. The molecule has 3 N–H and O–H groups in total. The van der Waals surface area contributed by atoms with E-state index in [4.69, 9.17) is 21.1 Å². The SMILES string of the molecule is C[C@H]1O[C@]2(OCc3cc(Cl)c(Cc4ccc(C(F)(F)F)cc4)cc32)[C@H](O)[C@@H](O)[C@@H]1O. The molecule has 2 aromatic carbocycles. The number of rotatable bonds is 2. The van der Waals surface area contributed by atoms with Gasteiger partial charge in [-0.15, -0.1) is 0 Å². The smallest absolute Gasteiger partial charge is 0.388 e. The first-order valence-electron chi connectivity index (χ1n) is 9.37. The maximum Gasteiger partial charge on any atom is 0.416 e. The Morgan fingerprint density at radius 2 is 1.77 bits per heavy atom. The number of benzene rings is 2. The largest absolute Gasteiger partial charge is 0.416 e. The van der Waals surface area contributed by atoms with Crippen LogP contribution >= 0.6 is 11.6 Å². The second-order valence-corrected chi connectivity index (χ2v) is 8.08. The lowest BCUT2D eigenvalue weighted by molar-refractivity contribution is -0.362. The third kappa shape index (κ3) is 3.51. The van der Waals surface area contributed by atoms with Gasteiger partial charge < -0.3 is 24.8 Å². The monoisotopic (exact) mass is 444 g/mol. The van der Waals surface area contributed by atoms with E-state index in [1.807, 2.05) is 0 Å². The van der Waals surface area contributed by atoms with Gasteiger partial charge in [-0.3, -0.25) is 0 Å². The first-order chi connectivity index (χ1) is 14.0. The molecule has 0 unspecified atom stereocenters. The molecule has 162 valence electrons. The van der Waals surface area contributed by atoms with Gasteiger partial charge in [0.1, 0.15) is 18.3 Å². The third-order valence-corrected chi connectivity index (χ3v) is 6.02. The lowest BCUT2D eigenvalue weighted by Crippen LogP contribution is -2.62. The van der Waals surface area contributed by atoms with Crippen molar-refractivity contribution in [1.29, 1.82) is 0 Å². The molecule has 0 aromatic heterocycles. The van der Waals surface area contributed by atoms with Crippen LogP contribution in [0.5, 0.6) is 0 Å². The predicted molar refractivity (Wildman–Crippen MR) is 101 cm³/mol. The molecule has 1 fully saturated rings. The molecular formula is C21H20ClF3O5. The van der Waals surface area contributed by atoms with Crippen molar-refractivity contribution in [3.8, 4) is 0 Å². The quantitative estimate of drug-likeness (QED) is 0.663. The van der Waals surface area contributed by atoms with Crippen molar-refractivity contribution in [2.24, 2.45) is 0 Å². The van der Waals surface area contributed by atoms with E-state index in [1.165, 1.54) is 12.1 Å². The van der Waals surface area contributed by atoms with Crippen molar-refractivity contribution in [3.63, 3.8) is 0 Å². The first kappa shape index (κ1) is 21.5. The molecule has 2 heterocycles. The maximum absolute atomic E-state index is 12.8. The number of aliphatic hydroxyl groups excluding tert-OH is 3. The fourth-order valence-electron chi connectivity index (χ4n) is 3.98. The Kier molecular flexibility index (Phi) is 5.37. The van der Waals surface area contributed by atoms with Crippen LogP contribution in [0.15, 0.2) is 36.4 Å². The van der Waals surface area contributed by atoms with E-state index >= 15 is 0 Å². The second-order valence-electron chi connectivity index (χ2n) is 7.68. The Labute approximate surface area is 175 Å². The molecule has 0 saturated carbocycles. The normalized spacial score (nSPS) is 31.2. The highest BCUT2D eigenvalue weighted by Crippen LogP contribution is 2.47. The summed E-state index contributed by atoms with van der Waals surface area (Å²) in [6.07, 6.45) is -9.26. The topological polar surface area (TPSA) is 79.2 Å². The Bertz CT molecular complexity index is 949. The molecule has 30 heavy (non-hydrogen) atoms. The van der Waals surface area contributed by atoms with Crippen LogP contribution in [-0.2, 0) is 34.5 Å². The minimum absolute atomic E-state index is 0.0855. The molecule has 1 spiro atoms. The molecule has 0 bridgehead atoms. The summed E-state index contributed by atoms with van der Waals surface area (Å²) < 4.78 is 49.9. The Morgan fingerprint density at radius 3 is 2.40 bits per heavy atom. The van der Waals surface area contributed by atoms with Crippen LogP contribution in [0.4, 0.5) is 13.2 Å². The number of ether oxygens (including phenoxy) is 2. The van der Waals surface area contributed by atoms with Gasteiger partial charge in [0.05, 0.1) is 18.3 Å². The molecule has 4 rings (SSSR count). The van der Waals surface area contributed by atoms with E-state index in [1.54, 1.807) is 19.1 Å². The number of fused-ring (bicyclic) bond motifs is 2. The summed E-state index contributed by atoms with van der Waals surface area (Å²) in [5.74, 6) is -1.66. The van der Waals surface area contributed by atoms with Crippen molar-refractivity contribution in [2.75, 3.05) is 0 Å². The van der Waals surface area contributed by atoms with E-state index in [0.29, 0.717) is 27.3 Å². The van der Waals surface area contributed by atoms with Gasteiger partial charge in [0.15, 0.2) is 0 Å². The zero-order valence-electron chi connectivity index (χ0n) is 15.9. The number of hydrogen-bond donors (Lipinski definition) is 3. The minimum Gasteiger partial charge on any atom is -0.388 e. The number of halogens is 4. The first-order valence-corrected chi connectivity index (χ1v) is 9.74. The van der Waals surface area contributed by atoms with Crippen LogP contribution in [-0.4, -0.2) is 39.7 Å². The lowest BCUT2D eigenvalue weighted by atomic mass is 9.86. The maximum atomic E-state index is 12.8. The van der Waals surface area contributed by atoms with Gasteiger partial charge in [0.2, 0.25) is 5.79 Å². The molecular weight excluding hydrogens is 425 g/mol. The van der Waals surface area contributed by atoms with Crippen molar-refractivity contribution >= 4 is 11.6 Å². The van der Waals surface area contributed by atoms with Crippen LogP contribution < -0.4 is 0 Å². The summed E-state index contributed by atoms with van der Waals surface area (Å²) in [5.41, 5.74) is 1.61. The van der Waals surface area contributed by atoms with Crippen molar-refractivity contribution in [3.05, 3.63) is 69.2 Å². The Hall–Kier alpha value is -1.68. The second kappa shape index (κ2) is 7.47. The highest BCUT2D eigenvalue weighted by atomic mass is 35.5. The van der Waals surface area contributed by atoms with E-state index < -0.39 is 41.9 Å².